The van der Waals surface area contributed by atoms with Crippen LogP contribution in [0.15, 0.2) is 84.3 Å². The molecular formula is C27H28BCl2N3O6S. The van der Waals surface area contributed by atoms with Crippen molar-refractivity contribution < 1.29 is 28.1 Å². The average molecular weight is 604 g/mol. The second-order valence-electron chi connectivity index (χ2n) is 8.89. The van der Waals surface area contributed by atoms with Gasteiger partial charge in [0.15, 0.2) is 0 Å². The van der Waals surface area contributed by atoms with Crippen LogP contribution < -0.4 is 15.4 Å². The molecule has 0 radical (unpaired) electrons. The van der Waals surface area contributed by atoms with Crippen molar-refractivity contribution in [2.45, 2.75) is 31.7 Å². The van der Waals surface area contributed by atoms with Crippen LogP contribution in [0, 0.1) is 0 Å². The highest BCUT2D eigenvalue weighted by atomic mass is 35.5. The van der Waals surface area contributed by atoms with E-state index in [0.717, 1.165) is 11.0 Å². The molecular weight excluding hydrogens is 576 g/mol. The highest BCUT2D eigenvalue weighted by molar-refractivity contribution is 7.95. The zero-order valence-electron chi connectivity index (χ0n) is 21.4. The lowest BCUT2D eigenvalue weighted by molar-refractivity contribution is -0.123. The van der Waals surface area contributed by atoms with Crippen LogP contribution in [0.25, 0.3) is 0 Å². The molecule has 0 heterocycles. The minimum Gasteiger partial charge on any atom is -0.426 e. The van der Waals surface area contributed by atoms with Crippen molar-refractivity contribution >= 4 is 57.8 Å². The molecule has 40 heavy (non-hydrogen) atoms. The number of carbonyl (C=O) groups excluding carboxylic acids is 2. The maximum Gasteiger partial charge on any atom is 0.475 e. The maximum atomic E-state index is 13.4. The van der Waals surface area contributed by atoms with Crippen molar-refractivity contribution in [1.82, 2.24) is 10.6 Å². The molecule has 3 rings (SSSR count). The smallest absolute Gasteiger partial charge is 0.426 e. The van der Waals surface area contributed by atoms with Crippen LogP contribution in [0.1, 0.15) is 28.4 Å². The molecule has 0 saturated heterocycles. The van der Waals surface area contributed by atoms with Gasteiger partial charge in [0.25, 0.3) is 15.9 Å². The van der Waals surface area contributed by atoms with Crippen molar-refractivity contribution in [2.24, 2.45) is 0 Å². The summed E-state index contributed by atoms with van der Waals surface area (Å²) in [5.74, 6) is -2.45. The van der Waals surface area contributed by atoms with E-state index in [4.69, 9.17) is 23.2 Å². The van der Waals surface area contributed by atoms with Gasteiger partial charge in [-0.3, -0.25) is 14.3 Å². The molecule has 0 saturated carbocycles. The third kappa shape index (κ3) is 9.39. The molecule has 0 aromatic heterocycles. The fraction of sp³-hybridized carbons (Fsp3) is 0.185. The van der Waals surface area contributed by atoms with Crippen LogP contribution in [-0.4, -0.2) is 49.4 Å². The van der Waals surface area contributed by atoms with E-state index in [2.05, 4.69) is 15.4 Å². The van der Waals surface area contributed by atoms with E-state index in [1.54, 1.807) is 49.4 Å². The molecule has 9 nitrogen and oxygen atoms in total. The number of amides is 2. The van der Waals surface area contributed by atoms with Gasteiger partial charge in [-0.1, -0.05) is 71.7 Å². The van der Waals surface area contributed by atoms with Crippen molar-refractivity contribution in [3.63, 3.8) is 0 Å². The molecule has 2 unspecified atom stereocenters. The van der Waals surface area contributed by atoms with Crippen LogP contribution in [0.2, 0.25) is 10.0 Å². The highest BCUT2D eigenvalue weighted by Crippen LogP contribution is 2.21. The predicted molar refractivity (Wildman–Crippen MR) is 157 cm³/mol. The van der Waals surface area contributed by atoms with Gasteiger partial charge in [-0.2, -0.15) is 0 Å². The monoisotopic (exact) mass is 603 g/mol. The second kappa shape index (κ2) is 14.3. The predicted octanol–water partition coefficient (Wildman–Crippen LogP) is 3.35. The van der Waals surface area contributed by atoms with Crippen LogP contribution in [0.3, 0.4) is 0 Å². The fourth-order valence-corrected chi connectivity index (χ4v) is 5.13. The van der Waals surface area contributed by atoms with Crippen LogP contribution in [0.5, 0.6) is 0 Å². The summed E-state index contributed by atoms with van der Waals surface area (Å²) in [6, 6.07) is 18.4. The Bertz CT molecular complexity index is 1470. The fourth-order valence-electron chi connectivity index (χ4n) is 3.87. The topological polar surface area (TPSA) is 145 Å². The van der Waals surface area contributed by atoms with E-state index in [9.17, 15) is 28.1 Å². The van der Waals surface area contributed by atoms with Gasteiger partial charge in [0.2, 0.25) is 5.91 Å². The van der Waals surface area contributed by atoms with Gasteiger partial charge in [0.1, 0.15) is 6.04 Å². The van der Waals surface area contributed by atoms with Crippen LogP contribution >= 0.6 is 23.2 Å². The second-order valence-corrected chi connectivity index (χ2v) is 11.3. The summed E-state index contributed by atoms with van der Waals surface area (Å²) in [6.45, 7) is 1.57. The largest absolute Gasteiger partial charge is 0.475 e. The molecule has 3 aromatic rings. The quantitative estimate of drug-likeness (QED) is 0.201. The van der Waals surface area contributed by atoms with E-state index in [1.165, 1.54) is 30.3 Å². The van der Waals surface area contributed by atoms with Gasteiger partial charge < -0.3 is 20.7 Å². The first-order valence-corrected chi connectivity index (χ1v) is 14.5. The van der Waals surface area contributed by atoms with Gasteiger partial charge in [-0.05, 0) is 54.8 Å². The summed E-state index contributed by atoms with van der Waals surface area (Å²) in [7, 11) is -5.61. The summed E-state index contributed by atoms with van der Waals surface area (Å²) in [6.07, 6.45) is 1.44. The number of sulfonamides is 1. The third-order valence-corrected chi connectivity index (χ3v) is 7.44. The molecule has 13 heteroatoms. The molecule has 0 aliphatic carbocycles. The molecule has 0 spiro atoms. The Hall–Kier alpha value is -3.35. The zero-order valence-corrected chi connectivity index (χ0v) is 23.7. The average Bonchev–Trinajstić information content (AvgIpc) is 2.89. The van der Waals surface area contributed by atoms with Crippen molar-refractivity contribution in [3.05, 3.63) is 111 Å². The molecule has 0 fully saturated rings. The number of anilines is 1. The molecule has 5 N–H and O–H groups in total. The number of carbonyl (C=O) groups is 2. The summed E-state index contributed by atoms with van der Waals surface area (Å²) < 4.78 is 26.7. The summed E-state index contributed by atoms with van der Waals surface area (Å²) in [5.41, 5.74) is 1.57. The van der Waals surface area contributed by atoms with E-state index in [-0.39, 0.29) is 34.1 Å². The van der Waals surface area contributed by atoms with Crippen LogP contribution in [0.4, 0.5) is 5.69 Å². The van der Waals surface area contributed by atoms with E-state index >= 15 is 0 Å². The lowest BCUT2D eigenvalue weighted by Crippen LogP contribution is -2.55. The van der Waals surface area contributed by atoms with Crippen molar-refractivity contribution in [2.75, 3.05) is 4.72 Å². The standard InChI is InChI=1S/C27H28BCl2N3O6S/c1-2-13-40(38,39)33-21-10-6-9-19(14-21)15-24(31-26(34)22-17-20(29)11-12-23(22)30)27(35)32-25(28(36)37)16-18-7-4-3-5-8-18/h2-14,17,24-25,33,36-37H,15-16H2,1H3,(H,31,34)(H,32,35). The molecule has 0 aliphatic heterocycles. The Morgan fingerprint density at radius 3 is 2.30 bits per heavy atom. The van der Waals surface area contributed by atoms with Gasteiger partial charge in [0.05, 0.1) is 16.5 Å². The molecule has 2 atom stereocenters. The number of hydrogen-bond acceptors (Lipinski definition) is 6. The Morgan fingerprint density at radius 2 is 1.62 bits per heavy atom. The first kappa shape index (κ1) is 31.2. The number of rotatable bonds is 12. The highest BCUT2D eigenvalue weighted by Gasteiger charge is 2.30. The number of nitrogens with one attached hydrogen (secondary N) is 3. The lowest BCUT2D eigenvalue weighted by atomic mass is 9.75. The minimum absolute atomic E-state index is 0.0443. The normalized spacial score (nSPS) is 12.9. The third-order valence-electron chi connectivity index (χ3n) is 5.72. The summed E-state index contributed by atoms with van der Waals surface area (Å²) in [4.78, 5) is 26.6. The molecule has 210 valence electrons. The SMILES string of the molecule is CC=CS(=O)(=O)Nc1cccc(CC(NC(=O)c2cc(Cl)ccc2Cl)C(=O)NC(Cc2ccccc2)B(O)O)c1. The first-order valence-electron chi connectivity index (χ1n) is 12.2. The minimum atomic E-state index is -3.73. The Balaban J connectivity index is 1.88. The maximum absolute atomic E-state index is 13.4. The molecule has 0 bridgehead atoms. The van der Waals surface area contributed by atoms with E-state index < -0.39 is 40.9 Å². The van der Waals surface area contributed by atoms with E-state index in [1.807, 2.05) is 6.07 Å². The Morgan fingerprint density at radius 1 is 0.925 bits per heavy atom. The van der Waals surface area contributed by atoms with Crippen LogP contribution in [-0.2, 0) is 27.7 Å². The van der Waals surface area contributed by atoms with Gasteiger partial charge in [-0.25, -0.2) is 8.42 Å². The summed E-state index contributed by atoms with van der Waals surface area (Å²) in [5, 5.41) is 26.6. The van der Waals surface area contributed by atoms with Crippen molar-refractivity contribution in [3.8, 4) is 0 Å². The van der Waals surface area contributed by atoms with Gasteiger partial charge in [0, 0.05) is 22.5 Å². The molecule has 3 aromatic carbocycles. The number of benzene rings is 3. The Kier molecular flexibility index (Phi) is 11.2. The number of allylic oxidation sites excluding steroid dienone is 1. The number of halogens is 2. The molecule has 2 amide bonds. The van der Waals surface area contributed by atoms with E-state index in [0.29, 0.717) is 5.56 Å². The summed E-state index contributed by atoms with van der Waals surface area (Å²) >= 11 is 12.2. The van der Waals surface area contributed by atoms with Gasteiger partial charge >= 0.3 is 7.12 Å². The van der Waals surface area contributed by atoms with Crippen molar-refractivity contribution in [1.29, 1.82) is 0 Å². The Labute approximate surface area is 243 Å². The number of hydrogen-bond donors (Lipinski definition) is 5. The first-order chi connectivity index (χ1) is 19.0. The zero-order chi connectivity index (χ0) is 29.3. The lowest BCUT2D eigenvalue weighted by Gasteiger charge is -2.24. The van der Waals surface area contributed by atoms with Gasteiger partial charge in [-0.15, -0.1) is 0 Å². The molecule has 0 aliphatic rings.